The maximum atomic E-state index is 12.8. The molecule has 2 heterocycles. The number of benzene rings is 2. The molecule has 0 saturated carbocycles. The lowest BCUT2D eigenvalue weighted by molar-refractivity contribution is 0.0777. The minimum absolute atomic E-state index is 0.0433. The molecule has 3 aromatic rings. The summed E-state index contributed by atoms with van der Waals surface area (Å²) in [6, 6.07) is 18.9. The Morgan fingerprint density at radius 3 is 2.65 bits per heavy atom. The average molecular weight is 416 g/mol. The van der Waals surface area contributed by atoms with Crippen LogP contribution in [0, 0.1) is 25.2 Å². The molecule has 158 valence electrons. The highest BCUT2D eigenvalue weighted by Gasteiger charge is 2.24. The molecule has 0 fully saturated rings. The number of carbonyl (C=O) groups excluding carboxylic acids is 1. The Morgan fingerprint density at radius 2 is 1.90 bits per heavy atom. The summed E-state index contributed by atoms with van der Waals surface area (Å²) in [6.45, 7) is 4.94. The molecule has 1 unspecified atom stereocenters. The minimum atomic E-state index is -0.133. The van der Waals surface area contributed by atoms with Crippen LogP contribution in [0.4, 0.5) is 0 Å². The number of aromatic nitrogens is 1. The first kappa shape index (κ1) is 20.5. The molecule has 1 aliphatic heterocycles. The van der Waals surface area contributed by atoms with E-state index in [1.54, 1.807) is 12.1 Å². The lowest BCUT2D eigenvalue weighted by atomic mass is 10.1. The van der Waals surface area contributed by atoms with Gasteiger partial charge in [-0.15, -0.1) is 0 Å². The van der Waals surface area contributed by atoms with Gasteiger partial charge in [0.15, 0.2) is 24.2 Å². The van der Waals surface area contributed by atoms with E-state index >= 15 is 0 Å². The number of hydrogen-bond donors (Lipinski definition) is 0. The fourth-order valence-corrected chi connectivity index (χ4v) is 3.74. The van der Waals surface area contributed by atoms with Crippen molar-refractivity contribution in [2.24, 2.45) is 0 Å². The number of ketones is 1. The van der Waals surface area contributed by atoms with E-state index in [1.807, 2.05) is 56.3 Å². The number of carbonyl (C=O) groups is 1. The highest BCUT2D eigenvalue weighted by atomic mass is 16.6. The fourth-order valence-electron chi connectivity index (χ4n) is 3.74. The molecule has 0 aliphatic carbocycles. The SMILES string of the molecule is Cc1cc(C(=O)COc2ccc(CC#N)cc2)c(C)n1CC1COc2ccccc2O1. The summed E-state index contributed by atoms with van der Waals surface area (Å²) in [6.07, 6.45) is 0.220. The van der Waals surface area contributed by atoms with Crippen molar-refractivity contribution in [1.82, 2.24) is 4.57 Å². The molecule has 2 aromatic carbocycles. The number of nitrogens with zero attached hydrogens (tertiary/aromatic N) is 2. The summed E-state index contributed by atoms with van der Waals surface area (Å²) < 4.78 is 19.6. The molecule has 0 N–H and O–H groups in total. The summed E-state index contributed by atoms with van der Waals surface area (Å²) in [5.74, 6) is 2.03. The number of para-hydroxylation sites is 2. The molecule has 0 spiro atoms. The van der Waals surface area contributed by atoms with Crippen molar-refractivity contribution in [3.8, 4) is 23.3 Å². The van der Waals surface area contributed by atoms with Crippen LogP contribution in [0.3, 0.4) is 0 Å². The van der Waals surface area contributed by atoms with Gasteiger partial charge < -0.3 is 18.8 Å². The lowest BCUT2D eigenvalue weighted by Crippen LogP contribution is -2.33. The maximum absolute atomic E-state index is 12.8. The first-order valence-electron chi connectivity index (χ1n) is 10.2. The van der Waals surface area contributed by atoms with Gasteiger partial charge in [0.2, 0.25) is 5.78 Å². The summed E-state index contributed by atoms with van der Waals surface area (Å²) in [5, 5.41) is 8.75. The van der Waals surface area contributed by atoms with E-state index in [-0.39, 0.29) is 18.5 Å². The quantitative estimate of drug-likeness (QED) is 0.538. The predicted molar refractivity (Wildman–Crippen MR) is 116 cm³/mol. The maximum Gasteiger partial charge on any atom is 0.202 e. The number of aryl methyl sites for hydroxylation is 1. The van der Waals surface area contributed by atoms with Crippen molar-refractivity contribution in [2.45, 2.75) is 32.9 Å². The Hall–Kier alpha value is -3.72. The Morgan fingerprint density at radius 1 is 1.16 bits per heavy atom. The number of rotatable bonds is 7. The standard InChI is InChI=1S/C25H24N2O4/c1-17-13-22(23(28)16-29-20-9-7-19(8-10-20)11-12-26)18(2)27(17)14-21-15-30-24-5-3-4-6-25(24)31-21/h3-10,13,21H,11,14-16H2,1-2H3. The third-order valence-electron chi connectivity index (χ3n) is 5.40. The number of nitriles is 1. The molecule has 1 aliphatic rings. The van der Waals surface area contributed by atoms with Crippen LogP contribution in [0.1, 0.15) is 27.3 Å². The van der Waals surface area contributed by atoms with Gasteiger partial charge in [0.1, 0.15) is 12.4 Å². The topological polar surface area (TPSA) is 73.5 Å². The fraction of sp³-hybridized carbons (Fsp3) is 0.280. The summed E-state index contributed by atoms with van der Waals surface area (Å²) in [4.78, 5) is 12.8. The van der Waals surface area contributed by atoms with Crippen LogP contribution in [0.25, 0.3) is 0 Å². The first-order chi connectivity index (χ1) is 15.0. The van der Waals surface area contributed by atoms with Crippen LogP contribution in [0.5, 0.6) is 17.2 Å². The zero-order valence-corrected chi connectivity index (χ0v) is 17.6. The van der Waals surface area contributed by atoms with Gasteiger partial charge >= 0.3 is 0 Å². The van der Waals surface area contributed by atoms with Crippen LogP contribution >= 0.6 is 0 Å². The summed E-state index contributed by atoms with van der Waals surface area (Å²) in [5.41, 5.74) is 3.44. The summed E-state index contributed by atoms with van der Waals surface area (Å²) >= 11 is 0. The van der Waals surface area contributed by atoms with Gasteiger partial charge in [-0.25, -0.2) is 0 Å². The van der Waals surface area contributed by atoms with Crippen molar-refractivity contribution in [2.75, 3.05) is 13.2 Å². The predicted octanol–water partition coefficient (Wildman–Crippen LogP) is 4.27. The van der Waals surface area contributed by atoms with E-state index < -0.39 is 0 Å². The third kappa shape index (κ3) is 4.56. The van der Waals surface area contributed by atoms with E-state index in [0.29, 0.717) is 30.9 Å². The van der Waals surface area contributed by atoms with Gasteiger partial charge in [0.25, 0.3) is 0 Å². The van der Waals surface area contributed by atoms with E-state index in [0.717, 1.165) is 28.5 Å². The van der Waals surface area contributed by atoms with E-state index in [9.17, 15) is 4.79 Å². The highest BCUT2D eigenvalue weighted by Crippen LogP contribution is 2.31. The van der Waals surface area contributed by atoms with Crippen LogP contribution in [-0.2, 0) is 13.0 Å². The molecular weight excluding hydrogens is 392 g/mol. The van der Waals surface area contributed by atoms with E-state index in [1.165, 1.54) is 0 Å². The van der Waals surface area contributed by atoms with Crippen molar-refractivity contribution >= 4 is 5.78 Å². The number of hydrogen-bond acceptors (Lipinski definition) is 5. The monoisotopic (exact) mass is 416 g/mol. The molecule has 0 amide bonds. The van der Waals surface area contributed by atoms with Crippen LogP contribution in [0.2, 0.25) is 0 Å². The number of ether oxygens (including phenoxy) is 3. The van der Waals surface area contributed by atoms with Gasteiger partial charge in [-0.3, -0.25) is 4.79 Å². The Kier molecular flexibility index (Phi) is 5.94. The Balaban J connectivity index is 1.40. The van der Waals surface area contributed by atoms with Crippen molar-refractivity contribution in [3.63, 3.8) is 0 Å². The second kappa shape index (κ2) is 8.97. The molecule has 1 aromatic heterocycles. The largest absolute Gasteiger partial charge is 0.486 e. The van der Waals surface area contributed by atoms with Crippen molar-refractivity contribution in [1.29, 1.82) is 5.26 Å². The molecule has 6 heteroatoms. The van der Waals surface area contributed by atoms with E-state index in [2.05, 4.69) is 10.6 Å². The molecule has 1 atom stereocenters. The lowest BCUT2D eigenvalue weighted by Gasteiger charge is -2.27. The minimum Gasteiger partial charge on any atom is -0.486 e. The van der Waals surface area contributed by atoms with Gasteiger partial charge in [0, 0.05) is 17.0 Å². The van der Waals surface area contributed by atoms with Gasteiger partial charge in [0.05, 0.1) is 19.0 Å². The second-order valence-electron chi connectivity index (χ2n) is 7.58. The number of Topliss-reactive ketones (excluding diaryl/α,β-unsaturated/α-hetero) is 1. The molecule has 4 rings (SSSR count). The Labute approximate surface area is 181 Å². The van der Waals surface area contributed by atoms with Gasteiger partial charge in [-0.1, -0.05) is 24.3 Å². The zero-order chi connectivity index (χ0) is 21.8. The van der Waals surface area contributed by atoms with Gasteiger partial charge in [-0.2, -0.15) is 5.26 Å². The molecule has 0 bridgehead atoms. The van der Waals surface area contributed by atoms with Crippen LogP contribution < -0.4 is 14.2 Å². The third-order valence-corrected chi connectivity index (χ3v) is 5.40. The molecule has 0 radical (unpaired) electrons. The van der Waals surface area contributed by atoms with Crippen LogP contribution in [-0.4, -0.2) is 29.7 Å². The van der Waals surface area contributed by atoms with Gasteiger partial charge in [-0.05, 0) is 49.7 Å². The van der Waals surface area contributed by atoms with Crippen LogP contribution in [0.15, 0.2) is 54.6 Å². The molecular formula is C25H24N2O4. The Bertz CT molecular complexity index is 1130. The molecule has 6 nitrogen and oxygen atoms in total. The zero-order valence-electron chi connectivity index (χ0n) is 17.6. The number of fused-ring (bicyclic) bond motifs is 1. The molecule has 31 heavy (non-hydrogen) atoms. The average Bonchev–Trinajstić information content (AvgIpc) is 3.07. The van der Waals surface area contributed by atoms with E-state index in [4.69, 9.17) is 19.5 Å². The summed E-state index contributed by atoms with van der Waals surface area (Å²) in [7, 11) is 0. The first-order valence-corrected chi connectivity index (χ1v) is 10.2. The normalized spacial score (nSPS) is 14.7. The second-order valence-corrected chi connectivity index (χ2v) is 7.58. The van der Waals surface area contributed by atoms with Crippen molar-refractivity contribution in [3.05, 3.63) is 77.1 Å². The highest BCUT2D eigenvalue weighted by molar-refractivity contribution is 5.98. The van der Waals surface area contributed by atoms with Crippen molar-refractivity contribution < 1.29 is 19.0 Å². The molecule has 0 saturated heterocycles. The smallest absolute Gasteiger partial charge is 0.202 e.